The van der Waals surface area contributed by atoms with Gasteiger partial charge in [0.1, 0.15) is 18.1 Å². The molecule has 10 heterocycles. The summed E-state index contributed by atoms with van der Waals surface area (Å²) in [4.78, 5) is 32.7. The normalized spacial score (nSPS) is 16.8. The van der Waals surface area contributed by atoms with Crippen molar-refractivity contribution in [2.24, 2.45) is 0 Å². The number of ether oxygens (including phenoxy) is 2. The molecule has 21 rings (SSSR count). The number of amides is 2. The van der Waals surface area contributed by atoms with Crippen molar-refractivity contribution in [2.45, 2.75) is 102 Å². The molecule has 630 valence electrons. The molecular formula is C100H89Br2Cl7N12O3. The van der Waals surface area contributed by atoms with Crippen molar-refractivity contribution < 1.29 is 14.3 Å². The maximum atomic E-state index is 12.9. The second-order valence-electron chi connectivity index (χ2n) is 31.8. The molecule has 0 spiro atoms. The summed E-state index contributed by atoms with van der Waals surface area (Å²) in [5, 5.41) is 37.5. The number of aromatic nitrogens is 5. The van der Waals surface area contributed by atoms with E-state index in [4.69, 9.17) is 95.9 Å². The maximum Gasteiger partial charge on any atom is 0.318 e. The highest BCUT2D eigenvalue weighted by Crippen LogP contribution is 2.44. The fourth-order valence-electron chi connectivity index (χ4n) is 17.9. The Hall–Kier alpha value is -9.69. The van der Waals surface area contributed by atoms with Crippen LogP contribution in [0.25, 0.3) is 54.5 Å². The van der Waals surface area contributed by atoms with E-state index < -0.39 is 0 Å². The SMILES string of the molecule is CC(C)Oc1ccc(C2NCCc3c2[nH]c2ccc(Cl)cc32)cc1.CCNC(=O)N1CCc2c([nH]c3ccc(Cl)cc23)C1c1ccc(OCc2ccccc2)cc1.Clc1ccc(CC2NCCc3c2[nH]c2ccc(Cl)cc32)c(Cl)c1.Clc1ccc2[nH]c3c(c2c1)CCNC3c1cc(Br)cc(Br)c1.N#Cc1ccc(C2NCCc3c2[nH]c2ccc(Cl)cc32)cc1. The highest BCUT2D eigenvalue weighted by Gasteiger charge is 2.36. The first kappa shape index (κ1) is 86.4. The smallest absolute Gasteiger partial charge is 0.318 e. The number of rotatable bonds is 12. The molecule has 15 nitrogen and oxygen atoms in total. The zero-order valence-corrected chi connectivity index (χ0v) is 76.6. The average Bonchev–Trinajstić information content (AvgIpc) is 1.58. The van der Waals surface area contributed by atoms with E-state index in [1.165, 1.54) is 83.3 Å². The molecule has 124 heavy (non-hydrogen) atoms. The summed E-state index contributed by atoms with van der Waals surface area (Å²) in [7, 11) is 0. The van der Waals surface area contributed by atoms with Gasteiger partial charge in [0.05, 0.1) is 47.9 Å². The van der Waals surface area contributed by atoms with Gasteiger partial charge < -0.3 is 65.9 Å². The number of hydrogen-bond acceptors (Lipinski definition) is 8. The number of carbonyl (C=O) groups excluding carboxylic acids is 1. The highest BCUT2D eigenvalue weighted by atomic mass is 79.9. The molecule has 0 bridgehead atoms. The van der Waals surface area contributed by atoms with Gasteiger partial charge in [-0.1, -0.05) is 186 Å². The lowest BCUT2D eigenvalue weighted by Crippen LogP contribution is -2.46. The van der Waals surface area contributed by atoms with Crippen LogP contribution in [0.1, 0.15) is 146 Å². The van der Waals surface area contributed by atoms with Crippen molar-refractivity contribution in [1.82, 2.24) is 56.4 Å². The van der Waals surface area contributed by atoms with E-state index in [9.17, 15) is 4.79 Å². The van der Waals surface area contributed by atoms with Crippen molar-refractivity contribution in [3.05, 3.63) is 370 Å². The monoisotopic (exact) mass is 1910 g/mol. The lowest BCUT2D eigenvalue weighted by atomic mass is 9.92. The summed E-state index contributed by atoms with van der Waals surface area (Å²) < 4.78 is 13.9. The standard InChI is InChI=1S/C27H26ClN3O2.C20H21ClN2O.C18H15Cl3N2.C18H14ClN3.C17H13Br2ClN2/c1-2-29-27(32)31-15-14-22-23-16-20(28)10-13-24(23)30-25(22)26(31)19-8-11-21(12-9-19)33-17-18-6-4-3-5-7-18;1-12(2)24-15-6-3-13(4-7-15)19-20-16(9-10-22-19)17-11-14(21)5-8-18(17)23-20;19-11-3-4-16-14(8-11)13-5-6-22-17(18(13)23-16)7-10-1-2-12(20)9-15(10)21;19-13-5-6-16-15(9-13)14-7-8-21-17(18(14)22-16)12-3-1-11(10-20)2-4-12;18-10-5-9(6-11(19)7-10)16-17-13(3-4-21-16)14-8-12(20)1-2-15(14)22-17/h3-13,16,26,30H,2,14-15,17H2,1H3,(H,29,32);3-8,11-12,19,22-23H,9-10H2,1-2H3;1-4,8-9,17,22-23H,5-7H2;1-6,9,17,21-22H,7-8H2;1-2,5-8,16,21-22H,3-4H2. The number of nitriles is 1. The molecule has 2 amide bonds. The van der Waals surface area contributed by atoms with Crippen LogP contribution in [0.2, 0.25) is 35.2 Å². The molecular weight excluding hydrogens is 1830 g/mol. The second-order valence-corrected chi connectivity index (χ2v) is 36.7. The van der Waals surface area contributed by atoms with Crippen molar-refractivity contribution in [3.8, 4) is 17.6 Å². The zero-order chi connectivity index (χ0) is 85.8. The summed E-state index contributed by atoms with van der Waals surface area (Å²) in [6.07, 6.45) is 5.81. The van der Waals surface area contributed by atoms with Gasteiger partial charge in [-0.05, 0) is 285 Å². The number of fused-ring (bicyclic) bond motifs is 15. The Morgan fingerprint density at radius 3 is 1.31 bits per heavy atom. The van der Waals surface area contributed by atoms with E-state index in [-0.39, 0.29) is 42.3 Å². The van der Waals surface area contributed by atoms with E-state index in [0.717, 1.165) is 166 Å². The Morgan fingerprint density at radius 2 is 0.855 bits per heavy atom. The van der Waals surface area contributed by atoms with Crippen molar-refractivity contribution in [2.75, 3.05) is 39.3 Å². The molecule has 0 aliphatic carbocycles. The Bertz CT molecular complexity index is 6600. The molecule has 11 aromatic carbocycles. The molecule has 5 atom stereocenters. The molecule has 5 aliphatic rings. The van der Waals surface area contributed by atoms with Crippen LogP contribution in [0.3, 0.4) is 0 Å². The molecule has 5 aromatic heterocycles. The van der Waals surface area contributed by atoms with Crippen LogP contribution in [0, 0.1) is 11.3 Å². The predicted octanol–water partition coefficient (Wildman–Crippen LogP) is 26.0. The summed E-state index contributed by atoms with van der Waals surface area (Å²) in [6.45, 7) is 11.5. The van der Waals surface area contributed by atoms with Gasteiger partial charge in [-0.3, -0.25) is 0 Å². The maximum absolute atomic E-state index is 12.9. The van der Waals surface area contributed by atoms with Crippen LogP contribution in [0.5, 0.6) is 11.5 Å². The minimum atomic E-state index is -0.213. The third-order valence-corrected chi connectivity index (χ3v) is 26.2. The first-order chi connectivity index (χ1) is 60.2. The van der Waals surface area contributed by atoms with Gasteiger partial charge in [-0.25, -0.2) is 4.79 Å². The number of nitrogens with one attached hydrogen (secondary N) is 10. The summed E-state index contributed by atoms with van der Waals surface area (Å²) in [5.41, 5.74) is 25.8. The predicted molar refractivity (Wildman–Crippen MR) is 516 cm³/mol. The topological polar surface area (TPSA) is 202 Å². The quantitative estimate of drug-likeness (QED) is 0.0569. The van der Waals surface area contributed by atoms with E-state index in [2.05, 4.69) is 144 Å². The number of aromatic amines is 5. The van der Waals surface area contributed by atoms with Crippen molar-refractivity contribution >= 4 is 174 Å². The molecule has 5 unspecified atom stereocenters. The van der Waals surface area contributed by atoms with Crippen LogP contribution >= 0.6 is 113 Å². The second kappa shape index (κ2) is 38.6. The molecule has 0 fully saturated rings. The zero-order valence-electron chi connectivity index (χ0n) is 68.1. The number of hydrogen-bond donors (Lipinski definition) is 10. The minimum absolute atomic E-state index is 0.0609. The third kappa shape index (κ3) is 19.2. The lowest BCUT2D eigenvalue weighted by molar-refractivity contribution is 0.180. The molecule has 10 N–H and O–H groups in total. The summed E-state index contributed by atoms with van der Waals surface area (Å²) in [6, 6.07) is 78.9. The van der Waals surface area contributed by atoms with Gasteiger partial charge in [0, 0.05) is 160 Å². The van der Waals surface area contributed by atoms with Gasteiger partial charge in [0.2, 0.25) is 0 Å². The largest absolute Gasteiger partial charge is 0.491 e. The highest BCUT2D eigenvalue weighted by molar-refractivity contribution is 9.11. The van der Waals surface area contributed by atoms with Crippen molar-refractivity contribution in [3.63, 3.8) is 0 Å². The van der Waals surface area contributed by atoms with E-state index in [0.29, 0.717) is 40.3 Å². The van der Waals surface area contributed by atoms with Crippen LogP contribution < -0.4 is 36.1 Å². The molecule has 5 aliphatic heterocycles. The first-order valence-electron chi connectivity index (χ1n) is 41.7. The fraction of sp³-hybridized carbons (Fsp3) is 0.220. The van der Waals surface area contributed by atoms with Crippen LogP contribution in [-0.2, 0) is 45.1 Å². The van der Waals surface area contributed by atoms with E-state index >= 15 is 0 Å². The first-order valence-corrected chi connectivity index (χ1v) is 45.9. The van der Waals surface area contributed by atoms with Crippen LogP contribution in [-0.4, -0.2) is 81.2 Å². The summed E-state index contributed by atoms with van der Waals surface area (Å²) in [5.74, 6) is 1.71. The van der Waals surface area contributed by atoms with Gasteiger partial charge in [0.15, 0.2) is 0 Å². The lowest BCUT2D eigenvalue weighted by Gasteiger charge is -2.36. The number of H-pyrrole nitrogens is 5. The van der Waals surface area contributed by atoms with E-state index in [1.54, 1.807) is 6.07 Å². The molecule has 16 aromatic rings. The Labute approximate surface area is 771 Å². The number of halogens is 9. The number of carbonyl (C=O) groups is 1. The van der Waals surface area contributed by atoms with Crippen molar-refractivity contribution in [1.29, 1.82) is 5.26 Å². The van der Waals surface area contributed by atoms with Gasteiger partial charge >= 0.3 is 6.03 Å². The van der Waals surface area contributed by atoms with Crippen LogP contribution in [0.15, 0.2) is 239 Å². The van der Waals surface area contributed by atoms with Gasteiger partial charge in [-0.15, -0.1) is 0 Å². The Kier molecular flexibility index (Phi) is 26.9. The fourth-order valence-corrected chi connectivity index (χ4v) is 20.6. The van der Waals surface area contributed by atoms with Crippen LogP contribution in [0.4, 0.5) is 4.79 Å². The van der Waals surface area contributed by atoms with E-state index in [1.807, 2.05) is 196 Å². The molecule has 0 saturated heterocycles. The molecule has 24 heteroatoms. The average molecular weight is 1910 g/mol. The molecule has 0 radical (unpaired) electrons. The van der Waals surface area contributed by atoms with Gasteiger partial charge in [0.25, 0.3) is 0 Å². The Balaban J connectivity index is 0.000000111. The number of urea groups is 1. The number of nitrogens with zero attached hydrogens (tertiary/aromatic N) is 2. The minimum Gasteiger partial charge on any atom is -0.491 e. The third-order valence-electron chi connectivity index (χ3n) is 23.5. The Morgan fingerprint density at radius 1 is 0.452 bits per heavy atom. The summed E-state index contributed by atoms with van der Waals surface area (Å²) >= 11 is 50.4. The van der Waals surface area contributed by atoms with Gasteiger partial charge in [-0.2, -0.15) is 5.26 Å². The number of benzene rings is 11. The molecule has 0 saturated carbocycles.